The van der Waals surface area contributed by atoms with Crippen LogP contribution in [0.2, 0.25) is 0 Å². The Hall–Kier alpha value is -3.42. The van der Waals surface area contributed by atoms with Gasteiger partial charge in [-0.15, -0.1) is 0 Å². The lowest BCUT2D eigenvalue weighted by Gasteiger charge is -2.31. The van der Waals surface area contributed by atoms with Crippen LogP contribution < -0.4 is 10.6 Å². The molecule has 2 N–H and O–H groups in total. The van der Waals surface area contributed by atoms with Gasteiger partial charge in [0, 0.05) is 11.3 Å². The zero-order chi connectivity index (χ0) is 22.3. The number of rotatable bonds is 3. The van der Waals surface area contributed by atoms with E-state index in [1.54, 1.807) is 24.3 Å². The second-order valence-corrected chi connectivity index (χ2v) is 10.00. The zero-order valence-electron chi connectivity index (χ0n) is 17.6. The van der Waals surface area contributed by atoms with E-state index in [-0.39, 0.29) is 29.8 Å². The van der Waals surface area contributed by atoms with E-state index < -0.39 is 10.0 Å². The van der Waals surface area contributed by atoms with Crippen molar-refractivity contribution in [1.82, 2.24) is 4.31 Å². The van der Waals surface area contributed by atoms with Gasteiger partial charge in [0.2, 0.25) is 10.0 Å². The maximum atomic E-state index is 13.4. The fourth-order valence-corrected chi connectivity index (χ4v) is 5.57. The summed E-state index contributed by atoms with van der Waals surface area (Å²) in [7, 11) is -3.82. The highest BCUT2D eigenvalue weighted by Crippen LogP contribution is 2.39. The van der Waals surface area contributed by atoms with Gasteiger partial charge in [-0.1, -0.05) is 60.2 Å². The minimum Gasteiger partial charge on any atom is -0.372 e. The van der Waals surface area contributed by atoms with E-state index in [9.17, 15) is 13.2 Å². The number of fused-ring (bicyclic) bond motifs is 1. The van der Waals surface area contributed by atoms with Crippen LogP contribution in [0.4, 0.5) is 11.4 Å². The Morgan fingerprint density at radius 3 is 2.22 bits per heavy atom. The molecule has 162 valence electrons. The largest absolute Gasteiger partial charge is 0.372 e. The molecule has 0 spiro atoms. The molecule has 1 atom stereocenters. The number of hydrogen-bond acceptors (Lipinski definition) is 5. The van der Waals surface area contributed by atoms with E-state index in [1.165, 1.54) is 4.31 Å². The van der Waals surface area contributed by atoms with Gasteiger partial charge in [-0.2, -0.15) is 4.31 Å². The first-order valence-electron chi connectivity index (χ1n) is 10.4. The summed E-state index contributed by atoms with van der Waals surface area (Å²) in [5.74, 6) is -0.219. The molecule has 0 saturated heterocycles. The van der Waals surface area contributed by atoms with Crippen molar-refractivity contribution >= 4 is 27.2 Å². The number of nitrogens with one attached hydrogen (secondary N) is 2. The van der Waals surface area contributed by atoms with Crippen molar-refractivity contribution < 1.29 is 13.2 Å². The molecule has 0 aliphatic carbocycles. The fourth-order valence-electron chi connectivity index (χ4n) is 4.21. The molecular formula is C25H23N3O3S. The minimum atomic E-state index is -3.82. The lowest BCUT2D eigenvalue weighted by atomic mass is 9.92. The number of aryl methyl sites for hydroxylation is 1. The van der Waals surface area contributed by atoms with Crippen molar-refractivity contribution in [3.63, 3.8) is 0 Å². The lowest BCUT2D eigenvalue weighted by molar-refractivity contribution is -0.116. The summed E-state index contributed by atoms with van der Waals surface area (Å²) >= 11 is 0. The monoisotopic (exact) mass is 445 g/mol. The smallest absolute Gasteiger partial charge is 0.243 e. The van der Waals surface area contributed by atoms with Crippen LogP contribution >= 0.6 is 0 Å². The summed E-state index contributed by atoms with van der Waals surface area (Å²) in [6.45, 7) is 1.80. The van der Waals surface area contributed by atoms with Crippen LogP contribution in [0.3, 0.4) is 0 Å². The van der Waals surface area contributed by atoms with Crippen molar-refractivity contribution in [2.45, 2.75) is 17.9 Å². The van der Waals surface area contributed by atoms with Crippen LogP contribution in [0.1, 0.15) is 17.2 Å². The molecular weight excluding hydrogens is 422 g/mol. The number of benzene rings is 3. The standard InChI is InChI=1S/C25H23N3O3S/c1-17-11-13-19(14-12-17)32(30,31)28-15-22-24(23(29)16-28)25(18-7-3-2-4-8-18)27-21-10-6-5-9-20(21)26-22/h2-14,25-27H,15-16H2,1H3. The Kier molecular flexibility index (Phi) is 5.07. The lowest BCUT2D eigenvalue weighted by Crippen LogP contribution is -2.44. The molecule has 2 heterocycles. The van der Waals surface area contributed by atoms with Crippen molar-refractivity contribution in [1.29, 1.82) is 0 Å². The van der Waals surface area contributed by atoms with Gasteiger partial charge in [-0.3, -0.25) is 4.79 Å². The first kappa shape index (κ1) is 20.5. The molecule has 0 saturated carbocycles. The van der Waals surface area contributed by atoms with Crippen molar-refractivity contribution in [3.8, 4) is 0 Å². The van der Waals surface area contributed by atoms with E-state index in [0.717, 1.165) is 22.5 Å². The number of nitrogens with zero attached hydrogens (tertiary/aromatic N) is 1. The van der Waals surface area contributed by atoms with Gasteiger partial charge < -0.3 is 10.6 Å². The number of para-hydroxylation sites is 2. The Morgan fingerprint density at radius 1 is 0.844 bits per heavy atom. The minimum absolute atomic E-state index is 0.0939. The Bertz CT molecular complexity index is 1320. The van der Waals surface area contributed by atoms with Crippen LogP contribution in [-0.4, -0.2) is 31.6 Å². The van der Waals surface area contributed by atoms with Gasteiger partial charge in [0.25, 0.3) is 0 Å². The summed E-state index contributed by atoms with van der Waals surface area (Å²) in [4.78, 5) is 13.6. The van der Waals surface area contributed by atoms with E-state index >= 15 is 0 Å². The number of anilines is 2. The molecule has 6 nitrogen and oxygen atoms in total. The summed E-state index contributed by atoms with van der Waals surface area (Å²) in [6.07, 6.45) is 0. The fraction of sp³-hybridized carbons (Fsp3) is 0.160. The summed E-state index contributed by atoms with van der Waals surface area (Å²) in [5.41, 5.74) is 4.76. The van der Waals surface area contributed by atoms with Crippen LogP contribution in [0.25, 0.3) is 0 Å². The predicted octanol–water partition coefficient (Wildman–Crippen LogP) is 4.10. The van der Waals surface area contributed by atoms with E-state index in [2.05, 4.69) is 10.6 Å². The molecule has 1 unspecified atom stereocenters. The third-order valence-corrected chi connectivity index (χ3v) is 7.68. The molecule has 2 aliphatic rings. The second kappa shape index (κ2) is 7.93. The highest BCUT2D eigenvalue weighted by molar-refractivity contribution is 7.89. The van der Waals surface area contributed by atoms with Crippen LogP contribution in [-0.2, 0) is 14.8 Å². The van der Waals surface area contributed by atoms with Gasteiger partial charge in [-0.25, -0.2) is 8.42 Å². The van der Waals surface area contributed by atoms with E-state index in [0.29, 0.717) is 11.3 Å². The normalized spacial score (nSPS) is 18.8. The SMILES string of the molecule is Cc1ccc(S(=O)(=O)N2CC(=O)C3=C(C2)Nc2ccccc2NC3c2ccccc2)cc1. The summed E-state index contributed by atoms with van der Waals surface area (Å²) < 4.78 is 27.9. The number of sulfonamides is 1. The molecule has 7 heteroatoms. The van der Waals surface area contributed by atoms with Gasteiger partial charge >= 0.3 is 0 Å². The highest BCUT2D eigenvalue weighted by Gasteiger charge is 2.38. The van der Waals surface area contributed by atoms with Gasteiger partial charge in [0.15, 0.2) is 5.78 Å². The van der Waals surface area contributed by atoms with Gasteiger partial charge in [0.05, 0.1) is 35.4 Å². The number of carbonyl (C=O) groups excluding carboxylic acids is 1. The third-order valence-electron chi connectivity index (χ3n) is 5.87. The number of ketones is 1. The number of hydrogen-bond donors (Lipinski definition) is 2. The highest BCUT2D eigenvalue weighted by atomic mass is 32.2. The van der Waals surface area contributed by atoms with Gasteiger partial charge in [-0.05, 0) is 36.8 Å². The van der Waals surface area contributed by atoms with Crippen molar-refractivity contribution in [2.75, 3.05) is 23.7 Å². The molecule has 0 aromatic heterocycles. The van der Waals surface area contributed by atoms with E-state index in [4.69, 9.17) is 0 Å². The Labute approximate surface area is 187 Å². The molecule has 0 radical (unpaired) electrons. The summed E-state index contributed by atoms with van der Waals surface area (Å²) in [6, 6.07) is 23.8. The van der Waals surface area contributed by atoms with Gasteiger partial charge in [0.1, 0.15) is 0 Å². The zero-order valence-corrected chi connectivity index (χ0v) is 18.4. The van der Waals surface area contributed by atoms with Crippen LogP contribution in [0.15, 0.2) is 95.0 Å². The molecule has 0 amide bonds. The second-order valence-electron chi connectivity index (χ2n) is 8.06. The van der Waals surface area contributed by atoms with Crippen LogP contribution in [0.5, 0.6) is 0 Å². The molecule has 0 fully saturated rings. The Morgan fingerprint density at radius 2 is 1.50 bits per heavy atom. The predicted molar refractivity (Wildman–Crippen MR) is 125 cm³/mol. The number of carbonyl (C=O) groups is 1. The van der Waals surface area contributed by atoms with Crippen LogP contribution in [0, 0.1) is 6.92 Å². The first-order chi connectivity index (χ1) is 15.4. The van der Waals surface area contributed by atoms with Crippen molar-refractivity contribution in [3.05, 3.63) is 101 Å². The molecule has 3 aromatic rings. The molecule has 32 heavy (non-hydrogen) atoms. The van der Waals surface area contributed by atoms with E-state index in [1.807, 2.05) is 61.5 Å². The molecule has 5 rings (SSSR count). The molecule has 2 aliphatic heterocycles. The maximum Gasteiger partial charge on any atom is 0.243 e. The third kappa shape index (κ3) is 3.59. The summed E-state index contributed by atoms with van der Waals surface area (Å²) in [5, 5.41) is 6.83. The average molecular weight is 446 g/mol. The number of Topliss-reactive ketones (excluding diaryl/α,β-unsaturated/α-hetero) is 1. The average Bonchev–Trinajstić information content (AvgIpc) is 2.97. The first-order valence-corrected chi connectivity index (χ1v) is 11.9. The quantitative estimate of drug-likeness (QED) is 0.635. The maximum absolute atomic E-state index is 13.4. The van der Waals surface area contributed by atoms with Crippen molar-refractivity contribution in [2.24, 2.45) is 0 Å². The Balaban J connectivity index is 1.59. The molecule has 0 bridgehead atoms. The topological polar surface area (TPSA) is 78.5 Å². The molecule has 3 aromatic carbocycles.